The van der Waals surface area contributed by atoms with Crippen LogP contribution < -0.4 is 14.8 Å². The number of amides is 1. The average Bonchev–Trinajstić information content (AvgIpc) is 3.38. The Morgan fingerprint density at radius 3 is 2.67 bits per heavy atom. The van der Waals surface area contributed by atoms with E-state index in [1.165, 1.54) is 29.7 Å². The van der Waals surface area contributed by atoms with Crippen molar-refractivity contribution in [2.45, 2.75) is 32.4 Å². The summed E-state index contributed by atoms with van der Waals surface area (Å²) < 4.78 is 11.3. The van der Waals surface area contributed by atoms with E-state index in [1.54, 1.807) is 30.8 Å². The Kier molecular flexibility index (Phi) is 7.96. The number of methoxy groups -OCH3 is 1. The van der Waals surface area contributed by atoms with E-state index < -0.39 is 0 Å². The molecule has 0 spiro atoms. The molecule has 2 aromatic carbocycles. The third-order valence-electron chi connectivity index (χ3n) is 6.18. The van der Waals surface area contributed by atoms with Gasteiger partial charge in [-0.2, -0.15) is 0 Å². The lowest BCUT2D eigenvalue weighted by Crippen LogP contribution is -2.42. The zero-order valence-electron chi connectivity index (χ0n) is 19.2. The van der Waals surface area contributed by atoms with Crippen LogP contribution in [0.5, 0.6) is 11.5 Å². The van der Waals surface area contributed by atoms with Gasteiger partial charge in [0.05, 0.1) is 24.4 Å². The van der Waals surface area contributed by atoms with Crippen LogP contribution in [0.1, 0.15) is 47.4 Å². The minimum absolute atomic E-state index is 0.120. The van der Waals surface area contributed by atoms with E-state index in [4.69, 9.17) is 9.47 Å². The third kappa shape index (κ3) is 6.12. The van der Waals surface area contributed by atoms with Crippen molar-refractivity contribution in [3.8, 4) is 11.5 Å². The van der Waals surface area contributed by atoms with Gasteiger partial charge in [0, 0.05) is 17.5 Å². The van der Waals surface area contributed by atoms with Crippen molar-refractivity contribution in [2.24, 2.45) is 5.92 Å². The Balaban J connectivity index is 1.42. The van der Waals surface area contributed by atoms with Crippen LogP contribution in [0.3, 0.4) is 0 Å². The molecule has 174 valence electrons. The molecule has 1 atom stereocenters. The van der Waals surface area contributed by atoms with Crippen molar-refractivity contribution < 1.29 is 14.3 Å². The largest absolute Gasteiger partial charge is 0.493 e. The highest BCUT2D eigenvalue weighted by atomic mass is 32.1. The molecule has 1 fully saturated rings. The monoisotopic (exact) mass is 465 g/mol. The standard InChI is InChI=1S/C26H31N3O3S/c1-19-10-12-29(13-11-19)23(20-6-4-3-5-7-20)15-27-26(30)21-8-9-24(25(14-21)31-2)32-16-22-17-33-18-28-22/h3-9,14,17-19,23H,10-13,15-16H2,1-2H3,(H,27,30). The number of hydrogen-bond donors (Lipinski definition) is 1. The maximum Gasteiger partial charge on any atom is 0.251 e. The van der Waals surface area contributed by atoms with Gasteiger partial charge in [-0.3, -0.25) is 9.69 Å². The molecule has 1 N–H and O–H groups in total. The number of nitrogens with one attached hydrogen (secondary N) is 1. The molecule has 0 saturated carbocycles. The summed E-state index contributed by atoms with van der Waals surface area (Å²) in [6, 6.07) is 15.9. The SMILES string of the molecule is COc1cc(C(=O)NCC(c2ccccc2)N2CCC(C)CC2)ccc1OCc1cscn1. The number of carbonyl (C=O) groups is 1. The van der Waals surface area contributed by atoms with E-state index in [0.29, 0.717) is 30.2 Å². The summed E-state index contributed by atoms with van der Waals surface area (Å²) in [5.74, 6) is 1.76. The lowest BCUT2D eigenvalue weighted by Gasteiger charge is -2.37. The molecule has 1 unspecified atom stereocenters. The second kappa shape index (κ2) is 11.3. The van der Waals surface area contributed by atoms with Gasteiger partial charge in [-0.15, -0.1) is 11.3 Å². The van der Waals surface area contributed by atoms with Gasteiger partial charge in [0.25, 0.3) is 5.91 Å². The number of nitrogens with zero attached hydrogens (tertiary/aromatic N) is 2. The Hall–Kier alpha value is -2.90. The van der Waals surface area contributed by atoms with Crippen molar-refractivity contribution >= 4 is 17.2 Å². The van der Waals surface area contributed by atoms with Crippen LogP contribution in [0, 0.1) is 5.92 Å². The highest BCUT2D eigenvalue weighted by Gasteiger charge is 2.25. The first-order valence-electron chi connectivity index (χ1n) is 11.4. The molecule has 7 heteroatoms. The van der Waals surface area contributed by atoms with Crippen molar-refractivity contribution in [1.29, 1.82) is 0 Å². The molecule has 0 aliphatic carbocycles. The average molecular weight is 466 g/mol. The molecule has 1 aliphatic heterocycles. The summed E-state index contributed by atoms with van der Waals surface area (Å²) in [4.78, 5) is 19.7. The minimum atomic E-state index is -0.120. The van der Waals surface area contributed by atoms with Gasteiger partial charge in [-0.1, -0.05) is 37.3 Å². The van der Waals surface area contributed by atoms with Gasteiger partial charge in [0.2, 0.25) is 0 Å². The number of piperidine rings is 1. The molecule has 3 aromatic rings. The van der Waals surface area contributed by atoms with E-state index in [2.05, 4.69) is 46.4 Å². The van der Waals surface area contributed by atoms with E-state index >= 15 is 0 Å². The van der Waals surface area contributed by atoms with Crippen LogP contribution in [0.2, 0.25) is 0 Å². The van der Waals surface area contributed by atoms with Crippen LogP contribution in [-0.4, -0.2) is 42.5 Å². The predicted molar refractivity (Wildman–Crippen MR) is 131 cm³/mol. The van der Waals surface area contributed by atoms with Crippen molar-refractivity contribution in [3.05, 3.63) is 76.2 Å². The topological polar surface area (TPSA) is 63.7 Å². The van der Waals surface area contributed by atoms with E-state index in [9.17, 15) is 4.79 Å². The molecular formula is C26H31N3O3S. The predicted octanol–water partition coefficient (Wildman–Crippen LogP) is 4.93. The van der Waals surface area contributed by atoms with Crippen molar-refractivity contribution in [3.63, 3.8) is 0 Å². The Labute approximate surface area is 199 Å². The van der Waals surface area contributed by atoms with Gasteiger partial charge < -0.3 is 14.8 Å². The molecule has 1 aliphatic rings. The number of likely N-dealkylation sites (tertiary alicyclic amines) is 1. The van der Waals surface area contributed by atoms with Gasteiger partial charge >= 0.3 is 0 Å². The smallest absolute Gasteiger partial charge is 0.251 e. The molecule has 6 nitrogen and oxygen atoms in total. The summed E-state index contributed by atoms with van der Waals surface area (Å²) in [5, 5.41) is 5.09. The van der Waals surface area contributed by atoms with Crippen molar-refractivity contribution in [2.75, 3.05) is 26.7 Å². The number of hydrogen-bond acceptors (Lipinski definition) is 6. The zero-order chi connectivity index (χ0) is 23.0. The number of aromatic nitrogens is 1. The summed E-state index contributed by atoms with van der Waals surface area (Å²) in [6.07, 6.45) is 2.38. The molecule has 0 bridgehead atoms. The Morgan fingerprint density at radius 1 is 1.18 bits per heavy atom. The van der Waals surface area contributed by atoms with Crippen LogP contribution in [-0.2, 0) is 6.61 Å². The normalized spacial score (nSPS) is 15.7. The van der Waals surface area contributed by atoms with Crippen LogP contribution >= 0.6 is 11.3 Å². The van der Waals surface area contributed by atoms with E-state index in [1.807, 2.05) is 11.4 Å². The summed E-state index contributed by atoms with van der Waals surface area (Å²) in [5.41, 5.74) is 4.42. The number of rotatable bonds is 9. The Bertz CT molecular complexity index is 1020. The van der Waals surface area contributed by atoms with Crippen LogP contribution in [0.15, 0.2) is 59.4 Å². The Morgan fingerprint density at radius 2 is 1.97 bits per heavy atom. The molecule has 1 aromatic heterocycles. The minimum Gasteiger partial charge on any atom is -0.493 e. The summed E-state index contributed by atoms with van der Waals surface area (Å²) >= 11 is 1.53. The zero-order valence-corrected chi connectivity index (χ0v) is 20.0. The second-order valence-electron chi connectivity index (χ2n) is 8.49. The molecule has 33 heavy (non-hydrogen) atoms. The number of benzene rings is 2. The number of thiazole rings is 1. The summed E-state index contributed by atoms with van der Waals surface area (Å²) in [7, 11) is 1.58. The lowest BCUT2D eigenvalue weighted by molar-refractivity contribution is 0.0912. The van der Waals surface area contributed by atoms with Gasteiger partial charge in [0.15, 0.2) is 11.5 Å². The molecule has 0 radical (unpaired) electrons. The lowest BCUT2D eigenvalue weighted by atomic mass is 9.95. The maximum atomic E-state index is 13.0. The molecule has 2 heterocycles. The first-order chi connectivity index (χ1) is 16.1. The highest BCUT2D eigenvalue weighted by Crippen LogP contribution is 2.30. The third-order valence-corrected chi connectivity index (χ3v) is 6.82. The summed E-state index contributed by atoms with van der Waals surface area (Å²) in [6.45, 7) is 5.33. The van der Waals surface area contributed by atoms with Gasteiger partial charge in [-0.05, 0) is 55.6 Å². The quantitative estimate of drug-likeness (QED) is 0.485. The van der Waals surface area contributed by atoms with Gasteiger partial charge in [-0.25, -0.2) is 4.98 Å². The number of ether oxygens (including phenoxy) is 2. The van der Waals surface area contributed by atoms with Gasteiger partial charge in [0.1, 0.15) is 6.61 Å². The van der Waals surface area contributed by atoms with E-state index in [0.717, 1.165) is 24.7 Å². The fourth-order valence-corrected chi connectivity index (χ4v) is 4.70. The first kappa shape index (κ1) is 23.3. The molecule has 1 saturated heterocycles. The van der Waals surface area contributed by atoms with E-state index in [-0.39, 0.29) is 11.9 Å². The first-order valence-corrected chi connectivity index (χ1v) is 12.3. The van der Waals surface area contributed by atoms with Crippen molar-refractivity contribution in [1.82, 2.24) is 15.2 Å². The molecule has 1 amide bonds. The fraction of sp³-hybridized carbons (Fsp3) is 0.385. The second-order valence-corrected chi connectivity index (χ2v) is 9.21. The fourth-order valence-electron chi connectivity index (χ4n) is 4.15. The maximum absolute atomic E-state index is 13.0. The molecular weight excluding hydrogens is 434 g/mol. The highest BCUT2D eigenvalue weighted by molar-refractivity contribution is 7.07. The molecule has 4 rings (SSSR count). The van der Waals surface area contributed by atoms with Crippen LogP contribution in [0.25, 0.3) is 0 Å². The number of carbonyl (C=O) groups excluding carboxylic acids is 1. The van der Waals surface area contributed by atoms with Crippen LogP contribution in [0.4, 0.5) is 0 Å².